The van der Waals surface area contributed by atoms with Crippen molar-refractivity contribution in [1.82, 2.24) is 0 Å². The first-order valence-corrected chi connectivity index (χ1v) is 7.02. The Labute approximate surface area is 119 Å². The molecule has 96 valence electrons. The summed E-state index contributed by atoms with van der Waals surface area (Å²) in [5.41, 5.74) is 0.986. The second-order valence-electron chi connectivity index (χ2n) is 4.15. The fourth-order valence-corrected chi connectivity index (χ4v) is 2.99. The molecule has 0 saturated heterocycles. The van der Waals surface area contributed by atoms with E-state index in [9.17, 15) is 4.39 Å². The molecule has 1 aromatic heterocycles. The van der Waals surface area contributed by atoms with Crippen molar-refractivity contribution >= 4 is 33.0 Å². The van der Waals surface area contributed by atoms with Crippen LogP contribution >= 0.6 is 22.9 Å². The van der Waals surface area contributed by atoms with Crippen molar-refractivity contribution in [2.45, 2.75) is 6.61 Å². The smallest absolute Gasteiger partial charge is 0.123 e. The number of halogens is 2. The van der Waals surface area contributed by atoms with Gasteiger partial charge in [0.2, 0.25) is 0 Å². The number of hydrogen-bond donors (Lipinski definition) is 0. The average molecular weight is 293 g/mol. The van der Waals surface area contributed by atoms with Crippen LogP contribution < -0.4 is 4.74 Å². The monoisotopic (exact) mass is 292 g/mol. The molecular weight excluding hydrogens is 283 g/mol. The van der Waals surface area contributed by atoms with Gasteiger partial charge in [-0.05, 0) is 41.8 Å². The van der Waals surface area contributed by atoms with E-state index in [1.165, 1.54) is 6.07 Å². The van der Waals surface area contributed by atoms with E-state index in [0.29, 0.717) is 17.4 Å². The summed E-state index contributed by atoms with van der Waals surface area (Å²) in [5, 5.41) is 3.54. The highest BCUT2D eigenvalue weighted by Gasteiger charge is 2.06. The molecule has 0 aliphatic heterocycles. The molecule has 2 aromatic carbocycles. The standard InChI is InChI=1S/C15H10ClFOS/c16-11-2-1-3-13(6-11)18-8-10-9-19-15-5-4-12(17)7-14(10)15/h1-7,9H,8H2. The molecule has 4 heteroatoms. The molecule has 0 N–H and O–H groups in total. The minimum absolute atomic E-state index is 0.227. The first kappa shape index (κ1) is 12.5. The first-order valence-electron chi connectivity index (χ1n) is 5.76. The highest BCUT2D eigenvalue weighted by atomic mass is 35.5. The Morgan fingerprint density at radius 2 is 2.05 bits per heavy atom. The highest BCUT2D eigenvalue weighted by Crippen LogP contribution is 2.28. The molecule has 0 radical (unpaired) electrons. The van der Waals surface area contributed by atoms with E-state index in [-0.39, 0.29) is 5.82 Å². The summed E-state index contributed by atoms with van der Waals surface area (Å²) < 4.78 is 20.0. The van der Waals surface area contributed by atoms with Crippen LogP contribution in [0.2, 0.25) is 5.02 Å². The maximum atomic E-state index is 13.3. The summed E-state index contributed by atoms with van der Waals surface area (Å²) in [7, 11) is 0. The third-order valence-corrected chi connectivity index (χ3v) is 4.05. The Hall–Kier alpha value is -1.58. The van der Waals surface area contributed by atoms with Crippen LogP contribution in [0.25, 0.3) is 10.1 Å². The second-order valence-corrected chi connectivity index (χ2v) is 5.50. The lowest BCUT2D eigenvalue weighted by atomic mass is 10.2. The Kier molecular flexibility index (Phi) is 3.40. The third-order valence-electron chi connectivity index (χ3n) is 2.81. The first-order chi connectivity index (χ1) is 9.22. The summed E-state index contributed by atoms with van der Waals surface area (Å²) in [4.78, 5) is 0. The Bertz CT molecular complexity index is 723. The molecule has 3 rings (SSSR count). The van der Waals surface area contributed by atoms with Crippen LogP contribution in [0.1, 0.15) is 5.56 Å². The maximum Gasteiger partial charge on any atom is 0.123 e. The van der Waals surface area contributed by atoms with Gasteiger partial charge in [0.1, 0.15) is 18.2 Å². The van der Waals surface area contributed by atoms with Gasteiger partial charge in [0.05, 0.1) is 0 Å². The molecule has 1 heterocycles. The van der Waals surface area contributed by atoms with Crippen LogP contribution in [0.15, 0.2) is 47.8 Å². The number of ether oxygens (including phenoxy) is 1. The number of fused-ring (bicyclic) bond motifs is 1. The maximum absolute atomic E-state index is 13.3. The quantitative estimate of drug-likeness (QED) is 0.639. The zero-order valence-electron chi connectivity index (χ0n) is 9.90. The molecule has 0 atom stereocenters. The Balaban J connectivity index is 1.84. The van der Waals surface area contributed by atoms with Crippen LogP contribution in [-0.2, 0) is 6.61 Å². The average Bonchev–Trinajstić information content (AvgIpc) is 2.79. The van der Waals surface area contributed by atoms with Crippen LogP contribution in [0.3, 0.4) is 0 Å². The minimum Gasteiger partial charge on any atom is -0.489 e. The topological polar surface area (TPSA) is 9.23 Å². The van der Waals surface area contributed by atoms with Crippen molar-refractivity contribution in [3.05, 3.63) is 64.2 Å². The van der Waals surface area contributed by atoms with E-state index in [4.69, 9.17) is 16.3 Å². The highest BCUT2D eigenvalue weighted by molar-refractivity contribution is 7.17. The molecule has 0 saturated carbocycles. The van der Waals surface area contributed by atoms with Gasteiger partial charge in [0.15, 0.2) is 0 Å². The molecule has 1 nitrogen and oxygen atoms in total. The number of hydrogen-bond acceptors (Lipinski definition) is 2. The molecule has 19 heavy (non-hydrogen) atoms. The molecule has 0 unspecified atom stereocenters. The lowest BCUT2D eigenvalue weighted by Crippen LogP contribution is -1.94. The molecule has 0 aliphatic rings. The van der Waals surface area contributed by atoms with Gasteiger partial charge in [0, 0.05) is 20.7 Å². The van der Waals surface area contributed by atoms with Crippen LogP contribution in [0.4, 0.5) is 4.39 Å². The molecule has 3 aromatic rings. The third kappa shape index (κ3) is 2.72. The largest absolute Gasteiger partial charge is 0.489 e. The van der Waals surface area contributed by atoms with Crippen molar-refractivity contribution in [3.8, 4) is 5.75 Å². The predicted octanol–water partition coefficient (Wildman–Crippen LogP) is 5.27. The fourth-order valence-electron chi connectivity index (χ4n) is 1.88. The van der Waals surface area contributed by atoms with Gasteiger partial charge in [-0.15, -0.1) is 11.3 Å². The number of thiophene rings is 1. The van der Waals surface area contributed by atoms with Gasteiger partial charge in [-0.1, -0.05) is 17.7 Å². The summed E-state index contributed by atoms with van der Waals surface area (Å²) >= 11 is 7.48. The SMILES string of the molecule is Fc1ccc2scc(COc3cccc(Cl)c3)c2c1. The lowest BCUT2D eigenvalue weighted by Gasteiger charge is -2.05. The molecule has 0 bridgehead atoms. The van der Waals surface area contributed by atoms with Gasteiger partial charge in [-0.3, -0.25) is 0 Å². The van der Waals surface area contributed by atoms with Crippen molar-refractivity contribution < 1.29 is 9.13 Å². The summed E-state index contributed by atoms with van der Waals surface area (Å²) in [6.07, 6.45) is 0. The Morgan fingerprint density at radius 1 is 1.16 bits per heavy atom. The van der Waals surface area contributed by atoms with Gasteiger partial charge in [0.25, 0.3) is 0 Å². The van der Waals surface area contributed by atoms with E-state index in [1.807, 2.05) is 17.5 Å². The van der Waals surface area contributed by atoms with Gasteiger partial charge >= 0.3 is 0 Å². The Morgan fingerprint density at radius 3 is 2.89 bits per heavy atom. The predicted molar refractivity (Wildman–Crippen MR) is 77.6 cm³/mol. The molecule has 0 spiro atoms. The summed E-state index contributed by atoms with van der Waals surface area (Å²) in [6.45, 7) is 0.407. The van der Waals surface area contributed by atoms with Gasteiger partial charge in [-0.2, -0.15) is 0 Å². The van der Waals surface area contributed by atoms with E-state index < -0.39 is 0 Å². The number of rotatable bonds is 3. The number of benzene rings is 2. The fraction of sp³-hybridized carbons (Fsp3) is 0.0667. The van der Waals surface area contributed by atoms with E-state index in [2.05, 4.69) is 0 Å². The van der Waals surface area contributed by atoms with Gasteiger partial charge < -0.3 is 4.74 Å². The lowest BCUT2D eigenvalue weighted by molar-refractivity contribution is 0.308. The summed E-state index contributed by atoms with van der Waals surface area (Å²) in [6, 6.07) is 12.0. The van der Waals surface area contributed by atoms with E-state index >= 15 is 0 Å². The van der Waals surface area contributed by atoms with Crippen LogP contribution in [0.5, 0.6) is 5.75 Å². The van der Waals surface area contributed by atoms with Crippen molar-refractivity contribution in [2.24, 2.45) is 0 Å². The molecular formula is C15H10ClFOS. The molecule has 0 amide bonds. The zero-order chi connectivity index (χ0) is 13.2. The summed E-state index contributed by atoms with van der Waals surface area (Å²) in [5.74, 6) is 0.484. The normalized spacial score (nSPS) is 10.8. The van der Waals surface area contributed by atoms with Crippen LogP contribution in [0, 0.1) is 5.82 Å². The van der Waals surface area contributed by atoms with Gasteiger partial charge in [-0.25, -0.2) is 4.39 Å². The van der Waals surface area contributed by atoms with Crippen molar-refractivity contribution in [2.75, 3.05) is 0 Å². The zero-order valence-corrected chi connectivity index (χ0v) is 11.5. The van der Waals surface area contributed by atoms with Crippen molar-refractivity contribution in [3.63, 3.8) is 0 Å². The minimum atomic E-state index is -0.227. The van der Waals surface area contributed by atoms with Crippen LogP contribution in [-0.4, -0.2) is 0 Å². The molecule has 0 aliphatic carbocycles. The van der Waals surface area contributed by atoms with E-state index in [0.717, 1.165) is 15.6 Å². The molecule has 0 fully saturated rings. The van der Waals surface area contributed by atoms with Crippen molar-refractivity contribution in [1.29, 1.82) is 0 Å². The second kappa shape index (κ2) is 5.19. The van der Waals surface area contributed by atoms with E-state index in [1.54, 1.807) is 35.6 Å².